The van der Waals surface area contributed by atoms with Gasteiger partial charge in [-0.2, -0.15) is 0 Å². The first kappa shape index (κ1) is 16.0. The number of rotatable bonds is 3. The lowest BCUT2D eigenvalue weighted by molar-refractivity contribution is 0.139. The second-order valence-electron chi connectivity index (χ2n) is 7.31. The van der Waals surface area contributed by atoms with E-state index in [1.54, 1.807) is 0 Å². The van der Waals surface area contributed by atoms with Gasteiger partial charge in [0.25, 0.3) is 0 Å². The molecule has 1 unspecified atom stereocenters. The molecule has 0 bridgehead atoms. The van der Waals surface area contributed by atoms with Gasteiger partial charge in [-0.25, -0.2) is 0 Å². The minimum atomic E-state index is 0.254. The number of nitrogens with zero attached hydrogens (tertiary/aromatic N) is 1. The van der Waals surface area contributed by atoms with Gasteiger partial charge in [-0.1, -0.05) is 20.8 Å². The summed E-state index contributed by atoms with van der Waals surface area (Å²) in [5, 5.41) is 0. The monoisotopic (exact) mass is 338 g/mol. The number of halogens is 1. The number of aromatic nitrogens is 1. The van der Waals surface area contributed by atoms with Gasteiger partial charge in [0.2, 0.25) is 0 Å². The van der Waals surface area contributed by atoms with Crippen LogP contribution in [0.15, 0.2) is 22.8 Å². The average molecular weight is 339 g/mol. The minimum absolute atomic E-state index is 0.254. The molecule has 2 nitrogen and oxygen atoms in total. The quantitative estimate of drug-likeness (QED) is 0.876. The van der Waals surface area contributed by atoms with Gasteiger partial charge >= 0.3 is 0 Å². The summed E-state index contributed by atoms with van der Waals surface area (Å²) in [6, 6.07) is 4.38. The molecule has 1 aromatic rings. The van der Waals surface area contributed by atoms with E-state index < -0.39 is 0 Å². The zero-order valence-electron chi connectivity index (χ0n) is 12.9. The molecule has 20 heavy (non-hydrogen) atoms. The fraction of sp³-hybridized carbons (Fsp3) is 0.706. The Kier molecular flexibility index (Phi) is 5.25. The lowest BCUT2D eigenvalue weighted by atomic mass is 9.68. The molecule has 2 N–H and O–H groups in total. The Bertz CT molecular complexity index is 414. The summed E-state index contributed by atoms with van der Waals surface area (Å²) in [6.45, 7) is 7.09. The summed E-state index contributed by atoms with van der Waals surface area (Å²) >= 11 is 3.42. The maximum Gasteiger partial charge on any atom is 0.0420 e. The van der Waals surface area contributed by atoms with Gasteiger partial charge in [0.15, 0.2) is 0 Å². The van der Waals surface area contributed by atoms with Crippen molar-refractivity contribution in [3.63, 3.8) is 0 Å². The van der Waals surface area contributed by atoms with Gasteiger partial charge in [0.05, 0.1) is 0 Å². The fourth-order valence-electron chi connectivity index (χ4n) is 3.35. The van der Waals surface area contributed by atoms with Crippen LogP contribution in [0.25, 0.3) is 0 Å². The van der Waals surface area contributed by atoms with E-state index in [2.05, 4.69) is 47.8 Å². The Labute approximate surface area is 131 Å². The standard InChI is InChI=1S/C17H27BrN2/c1-17(2,3)13-6-4-12(5-7-13)16(19)10-15-9-8-14(18)11-20-15/h8-9,11-13,16H,4-7,10,19H2,1-3H3. The summed E-state index contributed by atoms with van der Waals surface area (Å²) in [5.74, 6) is 1.52. The van der Waals surface area contributed by atoms with Crippen LogP contribution in [0.4, 0.5) is 0 Å². The van der Waals surface area contributed by atoms with E-state index in [9.17, 15) is 0 Å². The molecule has 0 amide bonds. The molecule has 1 fully saturated rings. The van der Waals surface area contributed by atoms with E-state index in [1.165, 1.54) is 25.7 Å². The first-order chi connectivity index (χ1) is 9.36. The van der Waals surface area contributed by atoms with Gasteiger partial charge < -0.3 is 5.73 Å². The summed E-state index contributed by atoms with van der Waals surface area (Å²) in [6.07, 6.45) is 7.97. The summed E-state index contributed by atoms with van der Waals surface area (Å²) < 4.78 is 1.03. The lowest BCUT2D eigenvalue weighted by Gasteiger charge is -2.38. The Morgan fingerprint density at radius 1 is 1.25 bits per heavy atom. The molecule has 2 rings (SSSR count). The summed E-state index contributed by atoms with van der Waals surface area (Å²) in [7, 11) is 0. The van der Waals surface area contributed by atoms with E-state index in [-0.39, 0.29) is 6.04 Å². The number of hydrogen-bond donors (Lipinski definition) is 1. The Hall–Kier alpha value is -0.410. The molecular weight excluding hydrogens is 312 g/mol. The van der Waals surface area contributed by atoms with Crippen molar-refractivity contribution in [3.8, 4) is 0 Å². The van der Waals surface area contributed by atoms with Gasteiger partial charge in [-0.15, -0.1) is 0 Å². The molecule has 0 aliphatic heterocycles. The fourth-order valence-corrected chi connectivity index (χ4v) is 3.58. The molecule has 0 aromatic carbocycles. The minimum Gasteiger partial charge on any atom is -0.327 e. The van der Waals surface area contributed by atoms with E-state index in [4.69, 9.17) is 5.73 Å². The van der Waals surface area contributed by atoms with Crippen LogP contribution < -0.4 is 5.73 Å². The van der Waals surface area contributed by atoms with Crippen molar-refractivity contribution >= 4 is 15.9 Å². The van der Waals surface area contributed by atoms with Crippen LogP contribution in [0.1, 0.15) is 52.1 Å². The maximum absolute atomic E-state index is 6.42. The molecule has 1 saturated carbocycles. The van der Waals surface area contributed by atoms with E-state index in [0.29, 0.717) is 11.3 Å². The normalized spacial score (nSPS) is 25.4. The molecule has 0 saturated heterocycles. The Morgan fingerprint density at radius 2 is 1.90 bits per heavy atom. The van der Waals surface area contributed by atoms with E-state index in [0.717, 1.165) is 22.5 Å². The van der Waals surface area contributed by atoms with Gasteiger partial charge in [0.1, 0.15) is 0 Å². The number of hydrogen-bond acceptors (Lipinski definition) is 2. The number of pyridine rings is 1. The highest BCUT2D eigenvalue weighted by Crippen LogP contribution is 2.40. The van der Waals surface area contributed by atoms with Crippen LogP contribution in [0, 0.1) is 17.3 Å². The van der Waals surface area contributed by atoms with Crippen LogP contribution in [0.5, 0.6) is 0 Å². The highest BCUT2D eigenvalue weighted by atomic mass is 79.9. The molecule has 1 atom stereocenters. The van der Waals surface area contributed by atoms with Crippen molar-refractivity contribution in [1.82, 2.24) is 4.98 Å². The Balaban J connectivity index is 1.85. The van der Waals surface area contributed by atoms with Gasteiger partial charge in [0, 0.05) is 28.8 Å². The highest BCUT2D eigenvalue weighted by molar-refractivity contribution is 9.10. The third-order valence-corrected chi connectivity index (χ3v) is 5.30. The lowest BCUT2D eigenvalue weighted by Crippen LogP contribution is -2.37. The predicted molar refractivity (Wildman–Crippen MR) is 88.5 cm³/mol. The van der Waals surface area contributed by atoms with E-state index >= 15 is 0 Å². The molecule has 1 aromatic heterocycles. The number of nitrogens with two attached hydrogens (primary N) is 1. The first-order valence-corrected chi connectivity index (χ1v) is 8.51. The van der Waals surface area contributed by atoms with Crippen LogP contribution in [-0.4, -0.2) is 11.0 Å². The molecule has 1 aliphatic rings. The second-order valence-corrected chi connectivity index (χ2v) is 8.23. The maximum atomic E-state index is 6.42. The molecule has 3 heteroatoms. The third kappa shape index (κ3) is 4.29. The van der Waals surface area contributed by atoms with Crippen LogP contribution >= 0.6 is 15.9 Å². The van der Waals surface area contributed by atoms with Gasteiger partial charge in [-0.05, 0) is 71.0 Å². The van der Waals surface area contributed by atoms with Crippen molar-refractivity contribution < 1.29 is 0 Å². The molecule has 1 aliphatic carbocycles. The van der Waals surface area contributed by atoms with Crippen LogP contribution in [0.3, 0.4) is 0 Å². The smallest absolute Gasteiger partial charge is 0.0420 e. The third-order valence-electron chi connectivity index (χ3n) is 4.84. The molecule has 0 radical (unpaired) electrons. The van der Waals surface area contributed by atoms with E-state index in [1.807, 2.05) is 12.3 Å². The SMILES string of the molecule is CC(C)(C)C1CCC(C(N)Cc2ccc(Br)cn2)CC1. The van der Waals surface area contributed by atoms with Crippen molar-refractivity contribution in [1.29, 1.82) is 0 Å². The first-order valence-electron chi connectivity index (χ1n) is 7.72. The average Bonchev–Trinajstić information content (AvgIpc) is 2.40. The molecule has 1 heterocycles. The molecule has 0 spiro atoms. The zero-order chi connectivity index (χ0) is 14.8. The summed E-state index contributed by atoms with van der Waals surface area (Å²) in [4.78, 5) is 4.44. The Morgan fingerprint density at radius 3 is 2.40 bits per heavy atom. The summed E-state index contributed by atoms with van der Waals surface area (Å²) in [5.41, 5.74) is 7.98. The zero-order valence-corrected chi connectivity index (χ0v) is 14.5. The molecular formula is C17H27BrN2. The van der Waals surface area contributed by atoms with Crippen LogP contribution in [-0.2, 0) is 6.42 Å². The predicted octanol–water partition coefficient (Wildman–Crippen LogP) is 4.57. The van der Waals surface area contributed by atoms with Gasteiger partial charge in [-0.3, -0.25) is 4.98 Å². The van der Waals surface area contributed by atoms with Crippen LogP contribution in [0.2, 0.25) is 0 Å². The second kappa shape index (κ2) is 6.57. The topological polar surface area (TPSA) is 38.9 Å². The van der Waals surface area contributed by atoms with Crippen molar-refractivity contribution in [2.45, 2.75) is 58.9 Å². The largest absolute Gasteiger partial charge is 0.327 e. The van der Waals surface area contributed by atoms with Crippen molar-refractivity contribution in [2.75, 3.05) is 0 Å². The van der Waals surface area contributed by atoms with Crippen molar-refractivity contribution in [2.24, 2.45) is 23.0 Å². The highest BCUT2D eigenvalue weighted by Gasteiger charge is 2.31. The molecule has 112 valence electrons. The van der Waals surface area contributed by atoms with Crippen molar-refractivity contribution in [3.05, 3.63) is 28.5 Å².